The van der Waals surface area contributed by atoms with E-state index in [0.29, 0.717) is 22.5 Å². The van der Waals surface area contributed by atoms with E-state index in [1.54, 1.807) is 36.7 Å². The number of aryl methyl sites for hydroxylation is 1. The lowest BCUT2D eigenvalue weighted by molar-refractivity contribution is 0.595. The molecule has 9 heteroatoms. The Morgan fingerprint density at radius 1 is 0.919 bits per heavy atom. The van der Waals surface area contributed by atoms with Crippen LogP contribution in [0.2, 0.25) is 0 Å². The van der Waals surface area contributed by atoms with Crippen molar-refractivity contribution < 1.29 is 8.42 Å². The normalized spacial score (nSPS) is 11.7. The van der Waals surface area contributed by atoms with Gasteiger partial charge in [0, 0.05) is 60.4 Å². The van der Waals surface area contributed by atoms with Gasteiger partial charge in [0.1, 0.15) is 6.33 Å². The minimum Gasteiger partial charge on any atom is -0.354 e. The highest BCUT2D eigenvalue weighted by Crippen LogP contribution is 2.34. The van der Waals surface area contributed by atoms with Crippen molar-refractivity contribution in [2.24, 2.45) is 7.05 Å². The van der Waals surface area contributed by atoms with Gasteiger partial charge < -0.3 is 9.88 Å². The number of nitrogens with one attached hydrogen (secondary N) is 1. The summed E-state index contributed by atoms with van der Waals surface area (Å²) in [6.45, 7) is 0. The Labute approximate surface area is 213 Å². The first kappa shape index (κ1) is 22.8. The van der Waals surface area contributed by atoms with Crippen LogP contribution >= 0.6 is 0 Å². The van der Waals surface area contributed by atoms with Crippen molar-refractivity contribution in [2.75, 3.05) is 5.32 Å². The number of para-hydroxylation sites is 1. The Morgan fingerprint density at radius 3 is 2.59 bits per heavy atom. The molecule has 0 spiro atoms. The van der Waals surface area contributed by atoms with Crippen LogP contribution in [0.3, 0.4) is 0 Å². The largest absolute Gasteiger partial charge is 0.354 e. The third-order valence-corrected chi connectivity index (χ3v) is 7.98. The van der Waals surface area contributed by atoms with Crippen LogP contribution in [-0.4, -0.2) is 32.9 Å². The summed E-state index contributed by atoms with van der Waals surface area (Å²) < 4.78 is 28.7. The maximum atomic E-state index is 13.3. The van der Waals surface area contributed by atoms with Crippen molar-refractivity contribution in [3.63, 3.8) is 0 Å². The molecular weight excluding hydrogens is 484 g/mol. The van der Waals surface area contributed by atoms with E-state index in [4.69, 9.17) is 0 Å². The molecule has 0 fully saturated rings. The van der Waals surface area contributed by atoms with Crippen LogP contribution in [0.5, 0.6) is 0 Å². The zero-order valence-corrected chi connectivity index (χ0v) is 20.7. The standard InChI is InChI=1S/C28H22N6O2S/c1-34-11-8-20-6-7-21(12-26(20)34)23-13-22(14-25-28(23)32-10-9-31-25)33-24-4-2-3-5-27(24)37(35,36)17-19-15-29-18-30-16-19/h2-16,18,33H,17H2,1H3. The Kier molecular flexibility index (Phi) is 5.61. The van der Waals surface area contributed by atoms with Gasteiger partial charge in [0.2, 0.25) is 0 Å². The van der Waals surface area contributed by atoms with Crippen LogP contribution in [0.25, 0.3) is 33.1 Å². The molecule has 182 valence electrons. The number of benzene rings is 3. The summed E-state index contributed by atoms with van der Waals surface area (Å²) in [5.74, 6) is -0.197. The zero-order valence-electron chi connectivity index (χ0n) is 19.9. The molecular formula is C28H22N6O2S. The molecule has 0 aliphatic heterocycles. The van der Waals surface area contributed by atoms with Crippen LogP contribution in [-0.2, 0) is 22.6 Å². The van der Waals surface area contributed by atoms with E-state index in [1.807, 2.05) is 25.4 Å². The van der Waals surface area contributed by atoms with E-state index >= 15 is 0 Å². The van der Waals surface area contributed by atoms with E-state index in [-0.39, 0.29) is 10.6 Å². The maximum Gasteiger partial charge on any atom is 0.184 e. The van der Waals surface area contributed by atoms with Crippen LogP contribution in [0.4, 0.5) is 11.4 Å². The maximum absolute atomic E-state index is 13.3. The average Bonchev–Trinajstić information content (AvgIpc) is 3.28. The van der Waals surface area contributed by atoms with Crippen molar-refractivity contribution >= 4 is 43.1 Å². The molecule has 0 aliphatic carbocycles. The summed E-state index contributed by atoms with van der Waals surface area (Å²) in [6.07, 6.45) is 9.76. The summed E-state index contributed by atoms with van der Waals surface area (Å²) >= 11 is 0. The topological polar surface area (TPSA) is 103 Å². The summed E-state index contributed by atoms with van der Waals surface area (Å²) in [7, 11) is -1.65. The molecule has 0 saturated heterocycles. The number of nitrogens with zero attached hydrogens (tertiary/aromatic N) is 5. The third-order valence-electron chi connectivity index (χ3n) is 6.24. The van der Waals surface area contributed by atoms with Crippen molar-refractivity contribution in [2.45, 2.75) is 10.6 Å². The average molecular weight is 507 g/mol. The fraction of sp³-hybridized carbons (Fsp3) is 0.0714. The van der Waals surface area contributed by atoms with Gasteiger partial charge in [-0.05, 0) is 47.3 Å². The molecule has 0 unspecified atom stereocenters. The second-order valence-corrected chi connectivity index (χ2v) is 10.7. The van der Waals surface area contributed by atoms with Crippen LogP contribution in [0, 0.1) is 0 Å². The van der Waals surface area contributed by atoms with Gasteiger partial charge in [-0.25, -0.2) is 18.4 Å². The number of rotatable bonds is 6. The van der Waals surface area contributed by atoms with Gasteiger partial charge in [-0.15, -0.1) is 0 Å². The van der Waals surface area contributed by atoms with Gasteiger partial charge in [0.05, 0.1) is 27.4 Å². The Hall–Kier alpha value is -4.63. The van der Waals surface area contributed by atoms with Gasteiger partial charge >= 0.3 is 0 Å². The minimum absolute atomic E-state index is 0.197. The van der Waals surface area contributed by atoms with Gasteiger partial charge in [-0.3, -0.25) is 9.97 Å². The molecule has 0 amide bonds. The number of hydrogen-bond donors (Lipinski definition) is 1. The van der Waals surface area contributed by atoms with Crippen LogP contribution < -0.4 is 5.32 Å². The van der Waals surface area contributed by atoms with E-state index in [2.05, 4.69) is 54.1 Å². The molecule has 0 radical (unpaired) electrons. The van der Waals surface area contributed by atoms with Crippen LogP contribution in [0.15, 0.2) is 103 Å². The number of sulfone groups is 1. The first-order valence-electron chi connectivity index (χ1n) is 11.6. The lowest BCUT2D eigenvalue weighted by atomic mass is 10.0. The first-order chi connectivity index (χ1) is 18.0. The fourth-order valence-corrected chi connectivity index (χ4v) is 5.98. The lowest BCUT2D eigenvalue weighted by Crippen LogP contribution is -2.08. The van der Waals surface area contributed by atoms with Crippen molar-refractivity contribution in [3.8, 4) is 11.1 Å². The Morgan fingerprint density at radius 2 is 1.73 bits per heavy atom. The van der Waals surface area contributed by atoms with Crippen molar-refractivity contribution in [3.05, 3.63) is 104 Å². The Balaban J connectivity index is 1.44. The molecule has 0 atom stereocenters. The lowest BCUT2D eigenvalue weighted by Gasteiger charge is -2.15. The molecule has 37 heavy (non-hydrogen) atoms. The highest BCUT2D eigenvalue weighted by molar-refractivity contribution is 7.90. The molecule has 6 aromatic rings. The molecule has 0 bridgehead atoms. The second-order valence-electron chi connectivity index (χ2n) is 8.78. The predicted molar refractivity (Wildman–Crippen MR) is 144 cm³/mol. The molecule has 3 heterocycles. The molecule has 0 saturated carbocycles. The summed E-state index contributed by atoms with van der Waals surface area (Å²) in [4.78, 5) is 17.2. The number of aromatic nitrogens is 5. The monoisotopic (exact) mass is 506 g/mol. The summed E-state index contributed by atoms with van der Waals surface area (Å²) in [5.41, 5.74) is 6.19. The highest BCUT2D eigenvalue weighted by atomic mass is 32.2. The quantitative estimate of drug-likeness (QED) is 0.327. The molecule has 1 N–H and O–H groups in total. The zero-order chi connectivity index (χ0) is 25.4. The van der Waals surface area contributed by atoms with Crippen molar-refractivity contribution in [1.29, 1.82) is 0 Å². The van der Waals surface area contributed by atoms with E-state index < -0.39 is 9.84 Å². The predicted octanol–water partition coefficient (Wildman–Crippen LogP) is 5.30. The summed E-state index contributed by atoms with van der Waals surface area (Å²) in [6, 6.07) is 19.1. The molecule has 0 aliphatic rings. The van der Waals surface area contributed by atoms with E-state index in [0.717, 1.165) is 27.5 Å². The minimum atomic E-state index is -3.66. The number of anilines is 2. The van der Waals surface area contributed by atoms with Gasteiger partial charge in [-0.2, -0.15) is 0 Å². The third kappa shape index (κ3) is 4.41. The van der Waals surface area contributed by atoms with Crippen molar-refractivity contribution in [1.82, 2.24) is 24.5 Å². The Bertz CT molecular complexity index is 1870. The smallest absolute Gasteiger partial charge is 0.184 e. The molecule has 6 rings (SSSR count). The van der Waals surface area contributed by atoms with Crippen LogP contribution in [0.1, 0.15) is 5.56 Å². The number of fused-ring (bicyclic) bond motifs is 2. The summed E-state index contributed by atoms with van der Waals surface area (Å²) in [5, 5.41) is 4.48. The van der Waals surface area contributed by atoms with E-state index in [1.165, 1.54) is 18.7 Å². The van der Waals surface area contributed by atoms with E-state index in [9.17, 15) is 8.42 Å². The first-order valence-corrected chi connectivity index (χ1v) is 13.3. The highest BCUT2D eigenvalue weighted by Gasteiger charge is 2.20. The second kappa shape index (κ2) is 9.11. The molecule has 8 nitrogen and oxygen atoms in total. The van der Waals surface area contributed by atoms with Gasteiger partial charge in [-0.1, -0.05) is 24.3 Å². The SMILES string of the molecule is Cn1ccc2ccc(-c3cc(Nc4ccccc4S(=O)(=O)Cc4cncnc4)cc4nccnc34)cc21. The number of hydrogen-bond acceptors (Lipinski definition) is 7. The molecule has 3 aromatic carbocycles. The van der Waals surface area contributed by atoms with Gasteiger partial charge in [0.15, 0.2) is 9.84 Å². The molecule has 3 aromatic heterocycles. The van der Waals surface area contributed by atoms with Gasteiger partial charge in [0.25, 0.3) is 0 Å². The fourth-order valence-electron chi connectivity index (χ4n) is 4.50.